The number of hydrogen-bond donors (Lipinski definition) is 2. The molecule has 3 N–H and O–H groups in total. The molecule has 1 amide bonds. The minimum absolute atomic E-state index is 0.157. The highest BCUT2D eigenvalue weighted by molar-refractivity contribution is 6.07. The molecule has 0 saturated carbocycles. The zero-order chi connectivity index (χ0) is 14.5. The molecule has 20 heavy (non-hydrogen) atoms. The molecule has 4 nitrogen and oxygen atoms in total. The second-order valence-electron chi connectivity index (χ2n) is 4.12. The van der Waals surface area contributed by atoms with Gasteiger partial charge in [0, 0.05) is 17.4 Å². The average Bonchev–Trinajstić information content (AvgIpc) is 2.42. The molecule has 0 atom stereocenters. The van der Waals surface area contributed by atoms with E-state index in [-0.39, 0.29) is 11.7 Å². The fourth-order valence-electron chi connectivity index (χ4n) is 1.75. The largest absolute Gasteiger partial charge is 0.491 e. The number of para-hydroxylation sites is 1. The Balaban J connectivity index is 2.16. The minimum atomic E-state index is -0.523. The molecule has 2 aromatic carbocycles. The zero-order valence-corrected chi connectivity index (χ0v) is 11.0. The van der Waals surface area contributed by atoms with Gasteiger partial charge in [0.1, 0.15) is 0 Å². The van der Waals surface area contributed by atoms with Crippen molar-refractivity contribution in [1.82, 2.24) is 0 Å². The summed E-state index contributed by atoms with van der Waals surface area (Å²) < 4.78 is 18.8. The number of amides is 1. The Morgan fingerprint density at radius 3 is 2.70 bits per heavy atom. The van der Waals surface area contributed by atoms with E-state index >= 15 is 0 Å². The number of halogens is 1. The van der Waals surface area contributed by atoms with E-state index in [4.69, 9.17) is 10.5 Å². The number of anilines is 2. The van der Waals surface area contributed by atoms with Crippen molar-refractivity contribution in [2.75, 3.05) is 17.7 Å². The first kappa shape index (κ1) is 13.9. The number of carbonyl (C=O) groups is 1. The lowest BCUT2D eigenvalue weighted by molar-refractivity contribution is 0.102. The Morgan fingerprint density at radius 2 is 2.05 bits per heavy atom. The Labute approximate surface area is 116 Å². The second kappa shape index (κ2) is 6.06. The van der Waals surface area contributed by atoms with E-state index in [9.17, 15) is 9.18 Å². The predicted octanol–water partition coefficient (Wildman–Crippen LogP) is 3.06. The monoisotopic (exact) mass is 274 g/mol. The van der Waals surface area contributed by atoms with E-state index in [1.807, 2.05) is 0 Å². The van der Waals surface area contributed by atoms with Gasteiger partial charge in [-0.3, -0.25) is 4.79 Å². The quantitative estimate of drug-likeness (QED) is 0.842. The first-order valence-corrected chi connectivity index (χ1v) is 6.20. The van der Waals surface area contributed by atoms with Crippen molar-refractivity contribution >= 4 is 17.3 Å². The number of carbonyl (C=O) groups excluding carboxylic acids is 1. The van der Waals surface area contributed by atoms with Gasteiger partial charge in [-0.2, -0.15) is 0 Å². The number of benzene rings is 2. The number of nitrogen functional groups attached to an aromatic ring is 1. The molecule has 0 aliphatic carbocycles. The van der Waals surface area contributed by atoms with E-state index < -0.39 is 5.82 Å². The van der Waals surface area contributed by atoms with E-state index in [1.54, 1.807) is 37.3 Å². The minimum Gasteiger partial charge on any atom is -0.491 e. The van der Waals surface area contributed by atoms with Crippen molar-refractivity contribution in [3.8, 4) is 5.75 Å². The van der Waals surface area contributed by atoms with E-state index in [1.165, 1.54) is 12.1 Å². The first-order chi connectivity index (χ1) is 9.61. The van der Waals surface area contributed by atoms with Crippen LogP contribution in [0.25, 0.3) is 0 Å². The highest BCUT2D eigenvalue weighted by Crippen LogP contribution is 2.22. The topological polar surface area (TPSA) is 64.3 Å². The molecular formula is C15H15FN2O2. The maximum atomic E-state index is 13.7. The summed E-state index contributed by atoms with van der Waals surface area (Å²) in [6, 6.07) is 11.0. The number of rotatable bonds is 4. The van der Waals surface area contributed by atoms with Crippen molar-refractivity contribution in [1.29, 1.82) is 0 Å². The van der Waals surface area contributed by atoms with Gasteiger partial charge in [-0.25, -0.2) is 4.39 Å². The van der Waals surface area contributed by atoms with Crippen LogP contribution in [0.4, 0.5) is 15.8 Å². The van der Waals surface area contributed by atoms with Crippen LogP contribution in [0, 0.1) is 5.82 Å². The molecule has 0 spiro atoms. The highest BCUT2D eigenvalue weighted by Gasteiger charge is 2.11. The number of ether oxygens (including phenoxy) is 1. The summed E-state index contributed by atoms with van der Waals surface area (Å²) in [4.78, 5) is 12.0. The number of nitrogens with two attached hydrogens (primary N) is 1. The summed E-state index contributed by atoms with van der Waals surface area (Å²) >= 11 is 0. The maximum absolute atomic E-state index is 13.7. The summed E-state index contributed by atoms with van der Waals surface area (Å²) in [6.45, 7) is 2.15. The smallest absolute Gasteiger partial charge is 0.257 e. The van der Waals surface area contributed by atoms with Crippen LogP contribution in [0.5, 0.6) is 5.75 Å². The molecule has 0 radical (unpaired) electrons. The Hall–Kier alpha value is -2.56. The molecule has 0 fully saturated rings. The summed E-state index contributed by atoms with van der Waals surface area (Å²) in [6.07, 6.45) is 0. The lowest BCUT2D eigenvalue weighted by Gasteiger charge is -2.09. The Kier molecular flexibility index (Phi) is 4.20. The summed E-state index contributed by atoms with van der Waals surface area (Å²) in [7, 11) is 0. The summed E-state index contributed by atoms with van der Waals surface area (Å²) in [5.41, 5.74) is 6.78. The van der Waals surface area contributed by atoms with Crippen LogP contribution in [-0.4, -0.2) is 12.5 Å². The van der Waals surface area contributed by atoms with Crippen LogP contribution in [0.3, 0.4) is 0 Å². The Morgan fingerprint density at radius 1 is 1.30 bits per heavy atom. The molecule has 0 bridgehead atoms. The van der Waals surface area contributed by atoms with Crippen molar-refractivity contribution in [2.45, 2.75) is 6.92 Å². The van der Waals surface area contributed by atoms with Gasteiger partial charge in [-0.05, 0) is 31.2 Å². The van der Waals surface area contributed by atoms with Gasteiger partial charge in [0.25, 0.3) is 5.91 Å². The average molecular weight is 274 g/mol. The predicted molar refractivity (Wildman–Crippen MR) is 76.4 cm³/mol. The van der Waals surface area contributed by atoms with Gasteiger partial charge in [-0.1, -0.05) is 12.1 Å². The van der Waals surface area contributed by atoms with Crippen molar-refractivity contribution < 1.29 is 13.9 Å². The zero-order valence-electron chi connectivity index (χ0n) is 11.0. The lowest BCUT2D eigenvalue weighted by Crippen LogP contribution is -2.14. The number of nitrogens with one attached hydrogen (secondary N) is 1. The van der Waals surface area contributed by atoms with Crippen LogP contribution in [0.2, 0.25) is 0 Å². The molecule has 104 valence electrons. The van der Waals surface area contributed by atoms with Gasteiger partial charge in [-0.15, -0.1) is 0 Å². The van der Waals surface area contributed by atoms with E-state index in [0.29, 0.717) is 23.5 Å². The molecule has 2 aromatic rings. The van der Waals surface area contributed by atoms with Gasteiger partial charge < -0.3 is 15.8 Å². The maximum Gasteiger partial charge on any atom is 0.257 e. The van der Waals surface area contributed by atoms with Gasteiger partial charge >= 0.3 is 0 Å². The molecule has 0 aliphatic heterocycles. The van der Waals surface area contributed by atoms with E-state index in [2.05, 4.69) is 5.32 Å². The third kappa shape index (κ3) is 3.06. The third-order valence-corrected chi connectivity index (χ3v) is 2.70. The van der Waals surface area contributed by atoms with Crippen LogP contribution in [-0.2, 0) is 0 Å². The van der Waals surface area contributed by atoms with Crippen molar-refractivity contribution in [3.05, 3.63) is 53.8 Å². The molecule has 0 unspecified atom stereocenters. The second-order valence-corrected chi connectivity index (χ2v) is 4.12. The molecule has 0 aliphatic rings. The molecule has 0 heterocycles. The molecule has 0 aromatic heterocycles. The summed E-state index contributed by atoms with van der Waals surface area (Å²) in [5, 5.41) is 2.59. The molecule has 2 rings (SSSR count). The van der Waals surface area contributed by atoms with Crippen molar-refractivity contribution in [2.24, 2.45) is 0 Å². The standard InChI is InChI=1S/C15H15FN2O2/c1-2-20-14-8-7-10(9-12(14)16)18-15(19)11-5-3-4-6-13(11)17/h3-9H,2,17H2,1H3,(H,18,19). The highest BCUT2D eigenvalue weighted by atomic mass is 19.1. The fourth-order valence-corrected chi connectivity index (χ4v) is 1.75. The molecule has 0 saturated heterocycles. The third-order valence-electron chi connectivity index (χ3n) is 2.70. The van der Waals surface area contributed by atoms with Crippen molar-refractivity contribution in [3.63, 3.8) is 0 Å². The molecule has 5 heteroatoms. The van der Waals surface area contributed by atoms with E-state index in [0.717, 1.165) is 0 Å². The lowest BCUT2D eigenvalue weighted by atomic mass is 10.1. The van der Waals surface area contributed by atoms with Gasteiger partial charge in [0.2, 0.25) is 0 Å². The van der Waals surface area contributed by atoms with Crippen LogP contribution < -0.4 is 15.8 Å². The first-order valence-electron chi connectivity index (χ1n) is 6.20. The SMILES string of the molecule is CCOc1ccc(NC(=O)c2ccccc2N)cc1F. The Bertz CT molecular complexity index is 629. The van der Waals surface area contributed by atoms with Gasteiger partial charge in [0.05, 0.1) is 12.2 Å². The normalized spacial score (nSPS) is 10.1. The number of hydrogen-bond acceptors (Lipinski definition) is 3. The van der Waals surface area contributed by atoms with Crippen LogP contribution >= 0.6 is 0 Å². The summed E-state index contributed by atoms with van der Waals surface area (Å²) in [5.74, 6) is -0.748. The fraction of sp³-hybridized carbons (Fsp3) is 0.133. The molecular weight excluding hydrogens is 259 g/mol. The van der Waals surface area contributed by atoms with Crippen LogP contribution in [0.15, 0.2) is 42.5 Å². The van der Waals surface area contributed by atoms with Crippen LogP contribution in [0.1, 0.15) is 17.3 Å². The van der Waals surface area contributed by atoms with Gasteiger partial charge in [0.15, 0.2) is 11.6 Å².